The summed E-state index contributed by atoms with van der Waals surface area (Å²) in [5.41, 5.74) is 1.20. The van der Waals surface area contributed by atoms with Crippen molar-refractivity contribution in [1.29, 1.82) is 0 Å². The number of hydrogen-bond donors (Lipinski definition) is 1. The van der Waals surface area contributed by atoms with E-state index in [-0.39, 0.29) is 19.8 Å². The molecule has 0 aromatic heterocycles. The van der Waals surface area contributed by atoms with Crippen LogP contribution in [0.5, 0.6) is 5.75 Å². The second-order valence-electron chi connectivity index (χ2n) is 11.4. The van der Waals surface area contributed by atoms with E-state index in [4.69, 9.17) is 18.5 Å². The van der Waals surface area contributed by atoms with Gasteiger partial charge in [0.25, 0.3) is 0 Å². The first-order chi connectivity index (χ1) is 18.5. The maximum atomic E-state index is 12.2. The molecular weight excluding hydrogens is 517 g/mol. The van der Waals surface area contributed by atoms with Crippen LogP contribution >= 0.6 is 7.82 Å². The first-order valence-corrected chi connectivity index (χ1v) is 16.3. The lowest BCUT2D eigenvalue weighted by Crippen LogP contribution is -2.37. The molecule has 0 amide bonds. The van der Waals surface area contributed by atoms with E-state index in [9.17, 15) is 14.3 Å². The summed E-state index contributed by atoms with van der Waals surface area (Å²) >= 11 is 0. The highest BCUT2D eigenvalue weighted by Gasteiger charge is 2.26. The highest BCUT2D eigenvalue weighted by atomic mass is 31.2. The predicted octanol–water partition coefficient (Wildman–Crippen LogP) is 7.08. The lowest BCUT2D eigenvalue weighted by atomic mass is 10.0. The highest BCUT2D eigenvalue weighted by Crippen LogP contribution is 2.43. The number of carbonyl (C=O) groups is 1. The van der Waals surface area contributed by atoms with Gasteiger partial charge in [0.2, 0.25) is 0 Å². The molecule has 0 radical (unpaired) electrons. The SMILES string of the molecule is CCCCCCCCCCCCCCc1cccc(OCC(COP(=O)(O)OCC[N+](C)(C)C)OC(C)=O)c1. The van der Waals surface area contributed by atoms with E-state index in [1.54, 1.807) is 0 Å². The number of unbranched alkanes of at least 4 members (excludes halogenated alkanes) is 11. The molecule has 9 heteroatoms. The number of aryl methyl sites for hydroxylation is 1. The number of benzene rings is 1. The Morgan fingerprint density at radius 3 is 2.05 bits per heavy atom. The number of phosphoric ester groups is 1. The summed E-state index contributed by atoms with van der Waals surface area (Å²) in [4.78, 5) is 21.5. The molecule has 0 aliphatic heterocycles. The van der Waals surface area contributed by atoms with Crippen molar-refractivity contribution in [2.75, 3.05) is 47.5 Å². The van der Waals surface area contributed by atoms with Crippen LogP contribution in [-0.2, 0) is 29.6 Å². The van der Waals surface area contributed by atoms with Gasteiger partial charge in [0.1, 0.15) is 25.5 Å². The fourth-order valence-electron chi connectivity index (χ4n) is 4.15. The minimum absolute atomic E-state index is 0.000513. The molecule has 1 aromatic rings. The van der Waals surface area contributed by atoms with Crippen molar-refractivity contribution >= 4 is 13.8 Å². The number of quaternary nitrogens is 1. The Balaban J connectivity index is 2.33. The molecule has 2 atom stereocenters. The summed E-state index contributed by atoms with van der Waals surface area (Å²) in [6.45, 7) is 3.84. The second-order valence-corrected chi connectivity index (χ2v) is 12.9. The van der Waals surface area contributed by atoms with E-state index in [1.165, 1.54) is 83.1 Å². The third-order valence-corrected chi connectivity index (χ3v) is 7.41. The molecule has 0 saturated heterocycles. The van der Waals surface area contributed by atoms with Gasteiger partial charge in [-0.15, -0.1) is 0 Å². The molecule has 8 nitrogen and oxygen atoms in total. The van der Waals surface area contributed by atoms with E-state index in [2.05, 4.69) is 13.0 Å². The van der Waals surface area contributed by atoms with E-state index in [0.29, 0.717) is 16.8 Å². The standard InChI is InChI=1S/C30H54NO7P/c1-6-7-8-9-10-11-12-13-14-15-16-17-19-28-20-18-21-29(24-28)35-25-30(38-27(2)32)26-37-39(33,34)36-23-22-31(3,4)5/h18,20-21,24,30H,6-17,19,22-23,25-26H2,1-5H3/p+1. The molecule has 2 unspecified atom stereocenters. The summed E-state index contributed by atoms with van der Waals surface area (Å²) in [6.07, 6.45) is 16.1. The molecule has 0 spiro atoms. The van der Waals surface area contributed by atoms with Gasteiger partial charge >= 0.3 is 13.8 Å². The third kappa shape index (κ3) is 21.0. The number of rotatable bonds is 24. The van der Waals surface area contributed by atoms with Gasteiger partial charge < -0.3 is 18.9 Å². The number of ether oxygens (including phenoxy) is 2. The van der Waals surface area contributed by atoms with Gasteiger partial charge in [-0.05, 0) is 30.5 Å². The Bertz CT molecular complexity index is 828. The van der Waals surface area contributed by atoms with Crippen molar-refractivity contribution in [2.24, 2.45) is 0 Å². The number of hydrogen-bond acceptors (Lipinski definition) is 6. The van der Waals surface area contributed by atoms with E-state index in [1.807, 2.05) is 39.3 Å². The largest absolute Gasteiger partial charge is 0.490 e. The zero-order chi connectivity index (χ0) is 29.0. The van der Waals surface area contributed by atoms with Gasteiger partial charge in [0, 0.05) is 6.92 Å². The molecule has 0 aliphatic rings. The predicted molar refractivity (Wildman–Crippen MR) is 157 cm³/mol. The number of likely N-dealkylation sites (N-methyl/N-ethyl adjacent to an activating group) is 1. The van der Waals surface area contributed by atoms with Crippen molar-refractivity contribution in [3.8, 4) is 5.75 Å². The summed E-state index contributed by atoms with van der Waals surface area (Å²) in [5, 5.41) is 0. The second kappa shape index (κ2) is 20.4. The van der Waals surface area contributed by atoms with Gasteiger partial charge in [-0.1, -0.05) is 89.7 Å². The van der Waals surface area contributed by atoms with Crippen LogP contribution in [-0.4, -0.2) is 69.0 Å². The van der Waals surface area contributed by atoms with Crippen molar-refractivity contribution in [3.63, 3.8) is 0 Å². The molecule has 226 valence electrons. The van der Waals surface area contributed by atoms with Crippen LogP contribution < -0.4 is 4.74 Å². The maximum absolute atomic E-state index is 12.2. The Hall–Kier alpha value is -1.44. The highest BCUT2D eigenvalue weighted by molar-refractivity contribution is 7.47. The van der Waals surface area contributed by atoms with Crippen molar-refractivity contribution in [1.82, 2.24) is 0 Å². The Kier molecular flexibility index (Phi) is 18.6. The molecule has 1 rings (SSSR count). The van der Waals surface area contributed by atoms with Crippen molar-refractivity contribution < 1.29 is 37.3 Å². The van der Waals surface area contributed by atoms with Crippen LogP contribution in [0, 0.1) is 0 Å². The monoisotopic (exact) mass is 572 g/mol. The maximum Gasteiger partial charge on any atom is 0.472 e. The molecule has 0 aliphatic carbocycles. The normalized spacial score (nSPS) is 14.1. The number of esters is 1. The smallest absolute Gasteiger partial charge is 0.472 e. The lowest BCUT2D eigenvalue weighted by molar-refractivity contribution is -0.870. The van der Waals surface area contributed by atoms with Gasteiger partial charge in [0.05, 0.1) is 27.7 Å². The molecule has 0 bridgehead atoms. The average molecular weight is 573 g/mol. The van der Waals surface area contributed by atoms with Gasteiger partial charge in [-0.25, -0.2) is 4.57 Å². The quantitative estimate of drug-likeness (QED) is 0.0612. The Morgan fingerprint density at radius 2 is 1.49 bits per heavy atom. The molecule has 1 N–H and O–H groups in total. The first kappa shape index (κ1) is 35.6. The van der Waals surface area contributed by atoms with E-state index >= 15 is 0 Å². The number of nitrogens with zero attached hydrogens (tertiary/aromatic N) is 1. The van der Waals surface area contributed by atoms with Crippen LogP contribution in [0.25, 0.3) is 0 Å². The molecular formula is C30H55NO7P+. The zero-order valence-corrected chi connectivity index (χ0v) is 26.1. The van der Waals surface area contributed by atoms with Crippen LogP contribution in [0.3, 0.4) is 0 Å². The summed E-state index contributed by atoms with van der Waals surface area (Å²) in [7, 11) is 1.59. The fraction of sp³-hybridized carbons (Fsp3) is 0.767. The molecule has 39 heavy (non-hydrogen) atoms. The summed E-state index contributed by atoms with van der Waals surface area (Å²) in [5.74, 6) is 0.140. The number of phosphoric acid groups is 1. The van der Waals surface area contributed by atoms with E-state index < -0.39 is 19.9 Å². The minimum Gasteiger partial charge on any atom is -0.490 e. The summed E-state index contributed by atoms with van der Waals surface area (Å²) < 4.78 is 33.9. The van der Waals surface area contributed by atoms with Crippen LogP contribution in [0.2, 0.25) is 0 Å². The van der Waals surface area contributed by atoms with Crippen LogP contribution in [0.15, 0.2) is 24.3 Å². The molecule has 1 aromatic carbocycles. The lowest BCUT2D eigenvalue weighted by Gasteiger charge is -2.24. The van der Waals surface area contributed by atoms with E-state index in [0.717, 1.165) is 12.8 Å². The van der Waals surface area contributed by atoms with Gasteiger partial charge in [-0.2, -0.15) is 0 Å². The minimum atomic E-state index is -4.27. The van der Waals surface area contributed by atoms with Gasteiger partial charge in [0.15, 0.2) is 6.10 Å². The molecule has 0 heterocycles. The van der Waals surface area contributed by atoms with Crippen molar-refractivity contribution in [2.45, 2.75) is 103 Å². The Morgan fingerprint density at radius 1 is 0.897 bits per heavy atom. The first-order valence-electron chi connectivity index (χ1n) is 14.8. The third-order valence-electron chi connectivity index (χ3n) is 6.43. The molecule has 0 saturated carbocycles. The van der Waals surface area contributed by atoms with Crippen LogP contribution in [0.1, 0.15) is 96.5 Å². The summed E-state index contributed by atoms with van der Waals surface area (Å²) in [6, 6.07) is 7.89. The fourth-order valence-corrected chi connectivity index (χ4v) is 4.89. The Labute approximate surface area is 237 Å². The van der Waals surface area contributed by atoms with Crippen LogP contribution in [0.4, 0.5) is 0 Å². The molecule has 0 fully saturated rings. The average Bonchev–Trinajstić information content (AvgIpc) is 2.85. The zero-order valence-electron chi connectivity index (χ0n) is 25.2. The number of carbonyl (C=O) groups excluding carboxylic acids is 1. The van der Waals surface area contributed by atoms with Gasteiger partial charge in [-0.3, -0.25) is 13.8 Å². The van der Waals surface area contributed by atoms with Crippen molar-refractivity contribution in [3.05, 3.63) is 29.8 Å². The topological polar surface area (TPSA) is 91.3 Å².